The number of hydrogen-bond acceptors (Lipinski definition) is 0. The van der Waals surface area contributed by atoms with E-state index in [4.69, 9.17) is 0 Å². The first-order valence-corrected chi connectivity index (χ1v) is 19.2. The van der Waals surface area contributed by atoms with Crippen LogP contribution in [0.5, 0.6) is 0 Å². The second-order valence-corrected chi connectivity index (χ2v) is 17.6. The van der Waals surface area contributed by atoms with E-state index in [1.807, 2.05) is 0 Å². The van der Waals surface area contributed by atoms with Gasteiger partial charge in [0, 0.05) is 0 Å². The van der Waals surface area contributed by atoms with E-state index in [-0.39, 0.29) is 30.2 Å². The van der Waals surface area contributed by atoms with Crippen LogP contribution >= 0.6 is 0 Å². The second kappa shape index (κ2) is 12.0. The Bertz CT molecular complexity index is 2280. The molecule has 0 spiro atoms. The van der Waals surface area contributed by atoms with E-state index < -0.39 is 23.2 Å². The zero-order valence-corrected chi connectivity index (χ0v) is 31.1. The van der Waals surface area contributed by atoms with Crippen molar-refractivity contribution in [1.29, 1.82) is 0 Å². The molecular weight excluding hydrogens is 691 g/mol. The molecule has 8 bridgehead atoms. The minimum absolute atomic E-state index is 0. The van der Waals surface area contributed by atoms with Gasteiger partial charge < -0.3 is 24.8 Å². The standard InChI is InChI=1S/C44H36.2ClH.Zr/c1-28-25-32-17-9-19-34(42(32)40(28)37-22-10-15-30-13-5-7-20-35(30)37)27-44(3,4)39-24-12-18-33-26-29(2)41(43(33)39)38-23-11-16-31-14-6-8-21-36(31)38;;;/h5-26H,27H2,1-4H3;2*1H;/q;;;+2/p-2. The Labute approximate surface area is 302 Å². The van der Waals surface area contributed by atoms with Crippen LogP contribution in [0.3, 0.4) is 0 Å². The summed E-state index contributed by atoms with van der Waals surface area (Å²) in [5, 5.41) is 5.39. The first-order chi connectivity index (χ1) is 21.9. The Balaban J connectivity index is 0.00000176. The van der Waals surface area contributed by atoms with Crippen LogP contribution in [0.4, 0.5) is 0 Å². The molecule has 9 rings (SSSR count). The Hall–Kier alpha value is -3.22. The van der Waals surface area contributed by atoms with Gasteiger partial charge in [-0.05, 0) is 0 Å². The van der Waals surface area contributed by atoms with E-state index in [0.717, 1.165) is 6.42 Å². The van der Waals surface area contributed by atoms with Crippen LogP contribution in [0.2, 0.25) is 0 Å². The predicted octanol–water partition coefficient (Wildman–Crippen LogP) is 5.37. The van der Waals surface area contributed by atoms with Crippen molar-refractivity contribution in [2.75, 3.05) is 0 Å². The zero-order valence-electron chi connectivity index (χ0n) is 27.2. The fourth-order valence-corrected chi connectivity index (χ4v) is 13.7. The molecule has 47 heavy (non-hydrogen) atoms. The van der Waals surface area contributed by atoms with Crippen LogP contribution in [-0.4, -0.2) is 0 Å². The Morgan fingerprint density at radius 2 is 1.00 bits per heavy atom. The summed E-state index contributed by atoms with van der Waals surface area (Å²) in [5.41, 5.74) is 18.3. The van der Waals surface area contributed by atoms with Crippen LogP contribution in [0.15, 0.2) is 132 Å². The van der Waals surface area contributed by atoms with E-state index in [1.165, 1.54) is 66.1 Å². The molecule has 3 heteroatoms. The van der Waals surface area contributed by atoms with Crippen molar-refractivity contribution >= 4 is 32.7 Å². The molecule has 230 valence electrons. The van der Waals surface area contributed by atoms with Crippen LogP contribution in [0.25, 0.3) is 32.7 Å². The summed E-state index contributed by atoms with van der Waals surface area (Å²) in [6.07, 6.45) is 1.01. The van der Waals surface area contributed by atoms with Crippen molar-refractivity contribution in [3.63, 3.8) is 0 Å². The minimum atomic E-state index is -1.08. The zero-order chi connectivity index (χ0) is 30.4. The summed E-state index contributed by atoms with van der Waals surface area (Å²) in [5.74, 6) is 0. The maximum absolute atomic E-state index is 2.49. The van der Waals surface area contributed by atoms with Crippen molar-refractivity contribution in [3.05, 3.63) is 177 Å². The van der Waals surface area contributed by atoms with Gasteiger partial charge in [0.05, 0.1) is 0 Å². The second-order valence-electron chi connectivity index (χ2n) is 13.9. The third kappa shape index (κ3) is 4.80. The monoisotopic (exact) mass is 724 g/mol. The fourth-order valence-electron chi connectivity index (χ4n) is 8.86. The van der Waals surface area contributed by atoms with Gasteiger partial charge >= 0.3 is 280 Å². The first kappa shape index (κ1) is 32.3. The van der Waals surface area contributed by atoms with Gasteiger partial charge in [0.25, 0.3) is 0 Å². The van der Waals surface area contributed by atoms with Gasteiger partial charge in [-0.2, -0.15) is 0 Å². The number of hydrogen-bond donors (Lipinski definition) is 0. The van der Waals surface area contributed by atoms with Gasteiger partial charge in [-0.25, -0.2) is 0 Å². The topological polar surface area (TPSA) is 0 Å². The molecule has 6 aromatic rings. The molecule has 0 amide bonds. The normalized spacial score (nSPS) is 18.6. The first-order valence-electron chi connectivity index (χ1n) is 16.3. The number of allylic oxidation sites excluding steroid dienone is 2. The van der Waals surface area contributed by atoms with E-state index in [0.29, 0.717) is 7.25 Å². The van der Waals surface area contributed by atoms with Crippen LogP contribution < -0.4 is 24.8 Å². The van der Waals surface area contributed by atoms with E-state index >= 15 is 0 Å². The maximum atomic E-state index is 2.49. The van der Waals surface area contributed by atoms with Crippen LogP contribution in [0, 0.1) is 0 Å². The SMILES string of the molecule is CC1=C(c2cccc3ccccc23)c2c3cccc2[CH]1[Zr+2][CH]1C(C)=C(c2cccc4ccccc24)c2c1cccc2C(C)(C)C3.[Cl-].[Cl-]. The van der Waals surface area contributed by atoms with E-state index in [2.05, 4.69) is 149 Å². The molecule has 2 aliphatic carbocycles. The molecule has 0 nitrogen and oxygen atoms in total. The summed E-state index contributed by atoms with van der Waals surface area (Å²) in [7, 11) is 0. The summed E-state index contributed by atoms with van der Waals surface area (Å²) in [6, 6.07) is 46.3. The maximum Gasteiger partial charge on any atom is -1.00 e. The molecule has 0 saturated carbocycles. The largest absolute Gasteiger partial charge is 1.00 e. The smallest absolute Gasteiger partial charge is 1.00 e. The minimum Gasteiger partial charge on any atom is -1.00 e. The molecular formula is C44H36Cl2Zr. The molecule has 2 unspecified atom stereocenters. The van der Waals surface area contributed by atoms with Gasteiger partial charge in [-0.3, -0.25) is 0 Å². The van der Waals surface area contributed by atoms with Crippen molar-refractivity contribution in [2.45, 2.75) is 46.8 Å². The number of benzene rings is 6. The summed E-state index contributed by atoms with van der Waals surface area (Å²) in [4.78, 5) is 0. The van der Waals surface area contributed by atoms with Gasteiger partial charge in [0.1, 0.15) is 0 Å². The number of rotatable bonds is 2. The van der Waals surface area contributed by atoms with Crippen LogP contribution in [0.1, 0.15) is 79.5 Å². The summed E-state index contributed by atoms with van der Waals surface area (Å²) in [6.45, 7) is 9.93. The van der Waals surface area contributed by atoms with E-state index in [9.17, 15) is 0 Å². The quantitative estimate of drug-likeness (QED) is 0.225. The molecule has 1 aliphatic heterocycles. The van der Waals surface area contributed by atoms with E-state index in [1.54, 1.807) is 22.3 Å². The molecule has 0 N–H and O–H groups in total. The number of halogens is 2. The third-order valence-electron chi connectivity index (χ3n) is 10.9. The fraction of sp³-hybridized carbons (Fsp3) is 0.182. The van der Waals surface area contributed by atoms with Crippen molar-refractivity contribution in [3.8, 4) is 0 Å². The third-order valence-corrected chi connectivity index (χ3v) is 16.2. The molecule has 6 aromatic carbocycles. The molecule has 0 saturated heterocycles. The van der Waals surface area contributed by atoms with Gasteiger partial charge in [0.2, 0.25) is 0 Å². The van der Waals surface area contributed by atoms with Crippen LogP contribution in [-0.2, 0) is 35.1 Å². The van der Waals surface area contributed by atoms with Gasteiger partial charge in [-0.1, -0.05) is 0 Å². The molecule has 0 radical (unpaired) electrons. The number of fused-ring (bicyclic) bond motifs is 2. The molecule has 3 aliphatic rings. The molecule has 0 aromatic heterocycles. The molecule has 0 fully saturated rings. The van der Waals surface area contributed by atoms with Crippen molar-refractivity contribution in [2.24, 2.45) is 0 Å². The summed E-state index contributed by atoms with van der Waals surface area (Å²) >= 11 is -1.08. The van der Waals surface area contributed by atoms with Crippen molar-refractivity contribution in [1.82, 2.24) is 0 Å². The Morgan fingerprint density at radius 3 is 1.60 bits per heavy atom. The molecule has 1 heterocycles. The van der Waals surface area contributed by atoms with Crippen molar-refractivity contribution < 1.29 is 48.0 Å². The van der Waals surface area contributed by atoms with Gasteiger partial charge in [0.15, 0.2) is 0 Å². The predicted molar refractivity (Wildman–Crippen MR) is 186 cm³/mol. The average molecular weight is 727 g/mol. The Morgan fingerprint density at radius 1 is 0.532 bits per heavy atom. The summed E-state index contributed by atoms with van der Waals surface area (Å²) < 4.78 is 1.08. The molecule has 2 atom stereocenters. The van der Waals surface area contributed by atoms with Gasteiger partial charge in [-0.15, -0.1) is 0 Å². The average Bonchev–Trinajstić information content (AvgIpc) is 3.50. The Kier molecular flexibility index (Phi) is 8.28.